The summed E-state index contributed by atoms with van der Waals surface area (Å²) in [5.41, 5.74) is 0.471. The van der Waals surface area contributed by atoms with Gasteiger partial charge in [-0.25, -0.2) is 0 Å². The zero-order chi connectivity index (χ0) is 21.8. The van der Waals surface area contributed by atoms with Crippen molar-refractivity contribution in [2.75, 3.05) is 23.3 Å². The minimum absolute atomic E-state index is 0.0270. The molecular formula is C20H22N6O4S. The van der Waals surface area contributed by atoms with Crippen LogP contribution in [0.5, 0.6) is 0 Å². The first-order valence-electron chi connectivity index (χ1n) is 9.94. The van der Waals surface area contributed by atoms with Gasteiger partial charge in [0.15, 0.2) is 5.16 Å². The fourth-order valence-corrected chi connectivity index (χ4v) is 4.18. The topological polar surface area (TPSA) is 119 Å². The largest absolute Gasteiger partial charge is 0.467 e. The average Bonchev–Trinajstić information content (AvgIpc) is 3.52. The number of benzene rings is 1. The molecule has 2 aromatic heterocycles. The molecule has 0 saturated carbocycles. The van der Waals surface area contributed by atoms with E-state index in [4.69, 9.17) is 4.42 Å². The second-order valence-electron chi connectivity index (χ2n) is 7.20. The summed E-state index contributed by atoms with van der Waals surface area (Å²) >= 11 is 1.31. The Morgan fingerprint density at radius 1 is 1.26 bits per heavy atom. The van der Waals surface area contributed by atoms with Gasteiger partial charge in [0.05, 0.1) is 23.0 Å². The highest BCUT2D eigenvalue weighted by Crippen LogP contribution is 2.29. The Morgan fingerprint density at radius 3 is 2.65 bits per heavy atom. The van der Waals surface area contributed by atoms with Crippen molar-refractivity contribution < 1.29 is 14.1 Å². The molecule has 11 heteroatoms. The highest BCUT2D eigenvalue weighted by Gasteiger charge is 2.25. The molecule has 3 aromatic rings. The molecule has 0 spiro atoms. The number of thioether (sulfide) groups is 1. The molecule has 1 aliphatic rings. The van der Waals surface area contributed by atoms with Crippen LogP contribution in [0.15, 0.2) is 52.2 Å². The molecule has 1 aliphatic heterocycles. The lowest BCUT2D eigenvalue weighted by Gasteiger charge is -2.18. The molecule has 1 N–H and O–H groups in total. The highest BCUT2D eigenvalue weighted by molar-refractivity contribution is 8.00. The Labute approximate surface area is 182 Å². The van der Waals surface area contributed by atoms with E-state index in [0.717, 1.165) is 37.6 Å². The summed E-state index contributed by atoms with van der Waals surface area (Å²) in [6.07, 6.45) is 3.86. The molecule has 1 amide bonds. The smallest absolute Gasteiger partial charge is 0.269 e. The third kappa shape index (κ3) is 4.88. The molecule has 1 saturated heterocycles. The number of nitro groups is 1. The van der Waals surface area contributed by atoms with Crippen LogP contribution in [0.1, 0.15) is 25.5 Å². The third-order valence-corrected chi connectivity index (χ3v) is 6.06. The van der Waals surface area contributed by atoms with E-state index >= 15 is 0 Å². The monoisotopic (exact) mass is 442 g/mol. The standard InChI is InChI=1S/C20H22N6O4S/c1-14(18(27)21-15-6-8-16(9-7-15)26(28)29)31-20-23-22-19(24-10-2-3-11-24)25(20)13-17-5-4-12-30-17/h4-9,12,14H,2-3,10-11,13H2,1H3,(H,21,27). The average molecular weight is 443 g/mol. The lowest BCUT2D eigenvalue weighted by atomic mass is 10.3. The Hall–Kier alpha value is -3.34. The fourth-order valence-electron chi connectivity index (χ4n) is 3.34. The van der Waals surface area contributed by atoms with Gasteiger partial charge < -0.3 is 14.6 Å². The highest BCUT2D eigenvalue weighted by atomic mass is 32.2. The van der Waals surface area contributed by atoms with Crippen LogP contribution in [0.2, 0.25) is 0 Å². The van der Waals surface area contributed by atoms with E-state index < -0.39 is 10.2 Å². The number of anilines is 2. The van der Waals surface area contributed by atoms with Crippen molar-refractivity contribution in [3.05, 3.63) is 58.5 Å². The number of nitrogens with one attached hydrogen (secondary N) is 1. The predicted octanol–water partition coefficient (Wildman–Crippen LogP) is 3.55. The Kier molecular flexibility index (Phi) is 6.21. The first kappa shape index (κ1) is 20.9. The minimum atomic E-state index is -0.478. The second kappa shape index (κ2) is 9.21. The second-order valence-corrected chi connectivity index (χ2v) is 8.50. The number of amides is 1. The van der Waals surface area contributed by atoms with Gasteiger partial charge in [0, 0.05) is 30.9 Å². The molecule has 31 heavy (non-hydrogen) atoms. The van der Waals surface area contributed by atoms with Crippen LogP contribution in [0.3, 0.4) is 0 Å². The molecule has 1 unspecified atom stereocenters. The van der Waals surface area contributed by atoms with Crippen molar-refractivity contribution in [2.24, 2.45) is 0 Å². The van der Waals surface area contributed by atoms with Gasteiger partial charge in [-0.15, -0.1) is 10.2 Å². The SMILES string of the molecule is CC(Sc1nnc(N2CCCC2)n1Cc1ccco1)C(=O)Nc1ccc([N+](=O)[O-])cc1. The van der Waals surface area contributed by atoms with Crippen LogP contribution in [-0.2, 0) is 11.3 Å². The molecule has 1 fully saturated rings. The number of carbonyl (C=O) groups excluding carboxylic acids is 1. The number of carbonyl (C=O) groups is 1. The first-order valence-corrected chi connectivity index (χ1v) is 10.8. The minimum Gasteiger partial charge on any atom is -0.467 e. The van der Waals surface area contributed by atoms with Crippen LogP contribution >= 0.6 is 11.8 Å². The van der Waals surface area contributed by atoms with Gasteiger partial charge in [-0.2, -0.15) is 0 Å². The van der Waals surface area contributed by atoms with Crippen LogP contribution in [-0.4, -0.2) is 43.9 Å². The normalized spacial score (nSPS) is 14.5. The summed E-state index contributed by atoms with van der Waals surface area (Å²) in [4.78, 5) is 25.2. The molecule has 10 nitrogen and oxygen atoms in total. The Morgan fingerprint density at radius 2 is 2.00 bits per heavy atom. The maximum absolute atomic E-state index is 12.7. The van der Waals surface area contributed by atoms with E-state index in [0.29, 0.717) is 17.4 Å². The molecule has 0 radical (unpaired) electrons. The molecule has 1 aromatic carbocycles. The lowest BCUT2D eigenvalue weighted by Crippen LogP contribution is -2.24. The fraction of sp³-hybridized carbons (Fsp3) is 0.350. The summed E-state index contributed by atoms with van der Waals surface area (Å²) in [7, 11) is 0. The maximum Gasteiger partial charge on any atom is 0.269 e. The van der Waals surface area contributed by atoms with Crippen molar-refractivity contribution in [3.63, 3.8) is 0 Å². The van der Waals surface area contributed by atoms with Crippen molar-refractivity contribution in [3.8, 4) is 0 Å². The molecule has 0 bridgehead atoms. The number of hydrogen-bond acceptors (Lipinski definition) is 8. The van der Waals surface area contributed by atoms with Crippen molar-refractivity contribution in [1.82, 2.24) is 14.8 Å². The molecule has 162 valence electrons. The van der Waals surface area contributed by atoms with Gasteiger partial charge in [0.25, 0.3) is 5.69 Å². The third-order valence-electron chi connectivity index (χ3n) is 4.98. The predicted molar refractivity (Wildman–Crippen MR) is 116 cm³/mol. The van der Waals surface area contributed by atoms with E-state index in [1.165, 1.54) is 36.0 Å². The van der Waals surface area contributed by atoms with Crippen molar-refractivity contribution in [1.29, 1.82) is 0 Å². The van der Waals surface area contributed by atoms with E-state index in [-0.39, 0.29) is 11.6 Å². The van der Waals surface area contributed by atoms with E-state index in [2.05, 4.69) is 20.4 Å². The lowest BCUT2D eigenvalue weighted by molar-refractivity contribution is -0.384. The summed E-state index contributed by atoms with van der Waals surface area (Å²) < 4.78 is 7.48. The van der Waals surface area contributed by atoms with Gasteiger partial charge in [0.2, 0.25) is 11.9 Å². The Balaban J connectivity index is 1.48. The van der Waals surface area contributed by atoms with Crippen LogP contribution in [0.25, 0.3) is 0 Å². The molecule has 0 aliphatic carbocycles. The number of non-ortho nitro benzene ring substituents is 1. The number of nitrogens with zero attached hydrogens (tertiary/aromatic N) is 5. The molecular weight excluding hydrogens is 420 g/mol. The zero-order valence-corrected chi connectivity index (χ0v) is 17.7. The quantitative estimate of drug-likeness (QED) is 0.320. The summed E-state index contributed by atoms with van der Waals surface area (Å²) in [5.74, 6) is 1.33. The molecule has 4 rings (SSSR count). The maximum atomic E-state index is 12.7. The van der Waals surface area contributed by atoms with Crippen LogP contribution < -0.4 is 10.2 Å². The number of aromatic nitrogens is 3. The van der Waals surface area contributed by atoms with Crippen molar-refractivity contribution >= 4 is 35.0 Å². The zero-order valence-electron chi connectivity index (χ0n) is 16.9. The summed E-state index contributed by atoms with van der Waals surface area (Å²) in [6, 6.07) is 9.47. The van der Waals surface area contributed by atoms with Gasteiger partial charge in [-0.3, -0.25) is 19.5 Å². The van der Waals surface area contributed by atoms with Crippen molar-refractivity contribution in [2.45, 2.75) is 36.7 Å². The Bertz CT molecular complexity index is 1040. The number of furan rings is 1. The van der Waals surface area contributed by atoms with E-state index in [1.54, 1.807) is 13.2 Å². The number of nitro benzene ring substituents is 1. The van der Waals surface area contributed by atoms with E-state index in [9.17, 15) is 14.9 Å². The first-order chi connectivity index (χ1) is 15.0. The summed E-state index contributed by atoms with van der Waals surface area (Å²) in [6.45, 7) is 4.12. The number of hydrogen-bond donors (Lipinski definition) is 1. The summed E-state index contributed by atoms with van der Waals surface area (Å²) in [5, 5.41) is 22.5. The number of rotatable bonds is 8. The van der Waals surface area contributed by atoms with Gasteiger partial charge in [-0.1, -0.05) is 11.8 Å². The van der Waals surface area contributed by atoms with Crippen LogP contribution in [0.4, 0.5) is 17.3 Å². The van der Waals surface area contributed by atoms with Crippen LogP contribution in [0, 0.1) is 10.1 Å². The van der Waals surface area contributed by atoms with Gasteiger partial charge in [0.1, 0.15) is 5.76 Å². The van der Waals surface area contributed by atoms with Gasteiger partial charge in [-0.05, 0) is 44.0 Å². The van der Waals surface area contributed by atoms with Gasteiger partial charge >= 0.3 is 0 Å². The van der Waals surface area contributed by atoms with E-state index in [1.807, 2.05) is 16.7 Å². The molecule has 3 heterocycles. The molecule has 1 atom stereocenters.